The molecule has 0 saturated carbocycles. The van der Waals surface area contributed by atoms with E-state index in [9.17, 15) is 4.79 Å². The Labute approximate surface area is 120 Å². The average molecular weight is 326 g/mol. The van der Waals surface area contributed by atoms with E-state index in [1.807, 2.05) is 50.4 Å². The molecule has 2 nitrogen and oxygen atoms in total. The molecule has 1 aromatic carbocycles. The van der Waals surface area contributed by atoms with Gasteiger partial charge in [0.15, 0.2) is 0 Å². The minimum Gasteiger partial charge on any atom is -0.346 e. The van der Waals surface area contributed by atoms with Crippen LogP contribution in [0.2, 0.25) is 0 Å². The summed E-state index contributed by atoms with van der Waals surface area (Å²) >= 11 is 5.13. The second kappa shape index (κ2) is 5.02. The molecule has 4 heteroatoms. The fourth-order valence-corrected chi connectivity index (χ4v) is 2.67. The normalized spacial score (nSPS) is 13.6. The number of halogens is 1. The highest BCUT2D eigenvalue weighted by atomic mass is 79.9. The average Bonchev–Trinajstić information content (AvgIpc) is 2.71. The van der Waals surface area contributed by atoms with Crippen molar-refractivity contribution >= 4 is 43.3 Å². The van der Waals surface area contributed by atoms with Crippen LogP contribution in [0.15, 0.2) is 29.6 Å². The van der Waals surface area contributed by atoms with Crippen LogP contribution >= 0.6 is 27.3 Å². The Morgan fingerprint density at radius 1 is 1.39 bits per heavy atom. The molecule has 18 heavy (non-hydrogen) atoms. The van der Waals surface area contributed by atoms with Gasteiger partial charge in [0, 0.05) is 25.8 Å². The minimum atomic E-state index is -0.278. The van der Waals surface area contributed by atoms with Crippen molar-refractivity contribution < 1.29 is 4.79 Å². The molecule has 1 aromatic heterocycles. The highest BCUT2D eigenvalue weighted by Crippen LogP contribution is 2.26. The molecule has 0 aliphatic rings. The van der Waals surface area contributed by atoms with Crippen LogP contribution in [0, 0.1) is 0 Å². The van der Waals surface area contributed by atoms with Gasteiger partial charge in [-0.25, -0.2) is 0 Å². The Morgan fingerprint density at radius 3 is 2.72 bits per heavy atom. The molecular weight excluding hydrogens is 310 g/mol. The molecule has 1 unspecified atom stereocenters. The van der Waals surface area contributed by atoms with E-state index in [4.69, 9.17) is 0 Å². The SMILES string of the molecule is CC(Br)C(C)(C)NC(=O)c1csc2ccccc12. The van der Waals surface area contributed by atoms with E-state index in [1.54, 1.807) is 11.3 Å². The summed E-state index contributed by atoms with van der Waals surface area (Å²) in [4.78, 5) is 12.5. The van der Waals surface area contributed by atoms with Crippen molar-refractivity contribution in [2.45, 2.75) is 31.1 Å². The predicted octanol–water partition coefficient (Wildman–Crippen LogP) is 4.19. The second-order valence-electron chi connectivity index (χ2n) is 4.94. The Morgan fingerprint density at radius 2 is 2.06 bits per heavy atom. The number of alkyl halides is 1. The van der Waals surface area contributed by atoms with Gasteiger partial charge in [-0.1, -0.05) is 41.1 Å². The topological polar surface area (TPSA) is 29.1 Å². The Bertz CT molecular complexity index is 574. The van der Waals surface area contributed by atoms with Crippen molar-refractivity contribution in [3.8, 4) is 0 Å². The zero-order valence-electron chi connectivity index (χ0n) is 10.7. The number of hydrogen-bond acceptors (Lipinski definition) is 2. The standard InChI is InChI=1S/C14H16BrNOS/c1-9(15)14(2,3)16-13(17)11-8-18-12-7-5-4-6-10(11)12/h4-9H,1-3H3,(H,16,17). The summed E-state index contributed by atoms with van der Waals surface area (Å²) < 4.78 is 1.15. The van der Waals surface area contributed by atoms with Crippen molar-refractivity contribution in [3.63, 3.8) is 0 Å². The number of nitrogens with one attached hydrogen (secondary N) is 1. The summed E-state index contributed by atoms with van der Waals surface area (Å²) in [6, 6.07) is 7.98. The van der Waals surface area contributed by atoms with Crippen LogP contribution in [0.3, 0.4) is 0 Å². The lowest BCUT2D eigenvalue weighted by Gasteiger charge is -2.29. The van der Waals surface area contributed by atoms with Crippen LogP contribution in [-0.2, 0) is 0 Å². The lowest BCUT2D eigenvalue weighted by molar-refractivity contribution is 0.0916. The van der Waals surface area contributed by atoms with Crippen LogP contribution < -0.4 is 5.32 Å². The highest BCUT2D eigenvalue weighted by molar-refractivity contribution is 9.09. The third-order valence-electron chi connectivity index (χ3n) is 3.16. The maximum atomic E-state index is 12.3. The molecule has 0 bridgehead atoms. The molecule has 2 rings (SSSR count). The minimum absolute atomic E-state index is 0.0104. The summed E-state index contributed by atoms with van der Waals surface area (Å²) in [6.07, 6.45) is 0. The first-order valence-corrected chi connectivity index (χ1v) is 7.64. The van der Waals surface area contributed by atoms with Gasteiger partial charge in [0.25, 0.3) is 5.91 Å². The highest BCUT2D eigenvalue weighted by Gasteiger charge is 2.26. The monoisotopic (exact) mass is 325 g/mol. The lowest BCUT2D eigenvalue weighted by Crippen LogP contribution is -2.48. The first kappa shape index (κ1) is 13.6. The van der Waals surface area contributed by atoms with Crippen molar-refractivity contribution in [1.82, 2.24) is 5.32 Å². The number of rotatable bonds is 3. The second-order valence-corrected chi connectivity index (χ2v) is 7.22. The van der Waals surface area contributed by atoms with E-state index in [2.05, 4.69) is 21.2 Å². The predicted molar refractivity (Wildman–Crippen MR) is 81.8 cm³/mol. The third kappa shape index (κ3) is 2.59. The summed E-state index contributed by atoms with van der Waals surface area (Å²) in [5.74, 6) is -0.0104. The molecule has 0 aliphatic heterocycles. The van der Waals surface area contributed by atoms with E-state index in [0.29, 0.717) is 0 Å². The van der Waals surface area contributed by atoms with E-state index >= 15 is 0 Å². The quantitative estimate of drug-likeness (QED) is 0.842. The van der Waals surface area contributed by atoms with Gasteiger partial charge in [0.1, 0.15) is 0 Å². The smallest absolute Gasteiger partial charge is 0.253 e. The number of benzene rings is 1. The van der Waals surface area contributed by atoms with Crippen LogP contribution in [0.1, 0.15) is 31.1 Å². The van der Waals surface area contributed by atoms with Crippen molar-refractivity contribution in [3.05, 3.63) is 35.2 Å². The lowest BCUT2D eigenvalue weighted by atomic mass is 10.0. The molecule has 0 spiro atoms. The van der Waals surface area contributed by atoms with Crippen LogP contribution in [-0.4, -0.2) is 16.3 Å². The van der Waals surface area contributed by atoms with Gasteiger partial charge in [0.2, 0.25) is 0 Å². The van der Waals surface area contributed by atoms with Crippen LogP contribution in [0.5, 0.6) is 0 Å². The van der Waals surface area contributed by atoms with Crippen molar-refractivity contribution in [2.75, 3.05) is 0 Å². The summed E-state index contributed by atoms with van der Waals surface area (Å²) in [5.41, 5.74) is 0.483. The molecule has 1 heterocycles. The van der Waals surface area contributed by atoms with Gasteiger partial charge in [-0.05, 0) is 19.9 Å². The number of fused-ring (bicyclic) bond motifs is 1. The Balaban J connectivity index is 2.30. The van der Waals surface area contributed by atoms with Gasteiger partial charge >= 0.3 is 0 Å². The zero-order chi connectivity index (χ0) is 13.3. The van der Waals surface area contributed by atoms with Crippen molar-refractivity contribution in [1.29, 1.82) is 0 Å². The first-order valence-electron chi connectivity index (χ1n) is 5.84. The van der Waals surface area contributed by atoms with Gasteiger partial charge in [-0.15, -0.1) is 11.3 Å². The van der Waals surface area contributed by atoms with Gasteiger partial charge in [-0.3, -0.25) is 4.79 Å². The largest absolute Gasteiger partial charge is 0.346 e. The third-order valence-corrected chi connectivity index (χ3v) is 5.26. The Kier molecular flexibility index (Phi) is 3.78. The van der Waals surface area contributed by atoms with E-state index in [0.717, 1.165) is 15.6 Å². The zero-order valence-corrected chi connectivity index (χ0v) is 13.1. The summed E-state index contributed by atoms with van der Waals surface area (Å²) in [6.45, 7) is 6.06. The fraction of sp³-hybridized carbons (Fsp3) is 0.357. The first-order chi connectivity index (χ1) is 8.42. The molecule has 0 aliphatic carbocycles. The van der Waals surface area contributed by atoms with Gasteiger partial charge < -0.3 is 5.32 Å². The molecule has 0 fully saturated rings. The molecule has 1 amide bonds. The number of thiophene rings is 1. The fourth-order valence-electron chi connectivity index (χ4n) is 1.61. The molecule has 96 valence electrons. The molecular formula is C14H16BrNOS. The van der Waals surface area contributed by atoms with Gasteiger partial charge in [0.05, 0.1) is 5.56 Å². The van der Waals surface area contributed by atoms with E-state index in [-0.39, 0.29) is 16.3 Å². The Hall–Kier alpha value is -0.870. The van der Waals surface area contributed by atoms with Crippen LogP contribution in [0.25, 0.3) is 10.1 Å². The number of hydrogen-bond donors (Lipinski definition) is 1. The van der Waals surface area contributed by atoms with E-state index in [1.165, 1.54) is 0 Å². The number of amides is 1. The van der Waals surface area contributed by atoms with Crippen LogP contribution in [0.4, 0.5) is 0 Å². The molecule has 2 aromatic rings. The van der Waals surface area contributed by atoms with Crippen molar-refractivity contribution in [2.24, 2.45) is 0 Å². The molecule has 0 saturated heterocycles. The maximum Gasteiger partial charge on any atom is 0.253 e. The maximum absolute atomic E-state index is 12.3. The summed E-state index contributed by atoms with van der Waals surface area (Å²) in [7, 11) is 0. The molecule has 1 N–H and O–H groups in total. The number of carbonyl (C=O) groups is 1. The van der Waals surface area contributed by atoms with Gasteiger partial charge in [-0.2, -0.15) is 0 Å². The van der Waals surface area contributed by atoms with E-state index < -0.39 is 0 Å². The summed E-state index contributed by atoms with van der Waals surface area (Å²) in [5, 5.41) is 6.02. The molecule has 0 radical (unpaired) electrons. The number of carbonyl (C=O) groups excluding carboxylic acids is 1. The molecule has 1 atom stereocenters.